The molecule has 0 aromatic heterocycles. The molecule has 0 saturated carbocycles. The Kier molecular flexibility index (Phi) is 5.52. The Morgan fingerprint density at radius 2 is 2.13 bits per heavy atom. The number of allylic oxidation sites excluding steroid dienone is 3. The molecule has 2 N–H and O–H groups in total. The van der Waals surface area contributed by atoms with Crippen LogP contribution in [0.5, 0.6) is 5.75 Å². The highest BCUT2D eigenvalue weighted by molar-refractivity contribution is 6.33. The molecule has 1 aromatic carbocycles. The van der Waals surface area contributed by atoms with Crippen LogP contribution < -0.4 is 10.1 Å². The number of carbonyl (C=O) groups is 1. The van der Waals surface area contributed by atoms with E-state index in [1.165, 1.54) is 0 Å². The molecule has 3 rings (SSSR count). The highest BCUT2D eigenvalue weighted by atomic mass is 35.5. The Bertz CT molecular complexity index is 710. The van der Waals surface area contributed by atoms with E-state index in [0.717, 1.165) is 16.7 Å². The van der Waals surface area contributed by atoms with Gasteiger partial charge in [0.05, 0.1) is 12.2 Å². The number of hydrogen-bond acceptors (Lipinski definition) is 3. The van der Waals surface area contributed by atoms with Crippen molar-refractivity contribution >= 4 is 35.6 Å². The topological polar surface area (TPSA) is 58.6 Å². The van der Waals surface area contributed by atoms with E-state index in [2.05, 4.69) is 5.32 Å². The van der Waals surface area contributed by atoms with Crippen molar-refractivity contribution in [3.63, 3.8) is 0 Å². The van der Waals surface area contributed by atoms with E-state index in [4.69, 9.17) is 16.3 Å². The molecule has 2 atom stereocenters. The van der Waals surface area contributed by atoms with Gasteiger partial charge in [-0.2, -0.15) is 0 Å². The minimum absolute atomic E-state index is 0. The van der Waals surface area contributed by atoms with Crippen LogP contribution in [0.25, 0.3) is 5.57 Å². The first-order chi connectivity index (χ1) is 10.6. The van der Waals surface area contributed by atoms with Crippen LogP contribution in [-0.2, 0) is 4.79 Å². The Hall–Kier alpha value is -1.75. The molecule has 1 aliphatic carbocycles. The van der Waals surface area contributed by atoms with Gasteiger partial charge in [-0.1, -0.05) is 35.9 Å². The van der Waals surface area contributed by atoms with Crippen molar-refractivity contribution in [3.05, 3.63) is 58.8 Å². The van der Waals surface area contributed by atoms with Crippen LogP contribution in [0.2, 0.25) is 0 Å². The summed E-state index contributed by atoms with van der Waals surface area (Å²) in [5.74, 6) is -1.05. The Balaban J connectivity index is 0.00000192. The van der Waals surface area contributed by atoms with Crippen LogP contribution in [0.4, 0.5) is 0 Å². The summed E-state index contributed by atoms with van der Waals surface area (Å²) in [5, 5.41) is 13.1. The second-order valence-corrected chi connectivity index (χ2v) is 5.69. The van der Waals surface area contributed by atoms with Crippen molar-refractivity contribution in [1.29, 1.82) is 0 Å². The molecule has 0 radical (unpaired) electrons. The average Bonchev–Trinajstić information content (AvgIpc) is 2.70. The molecule has 0 bridgehead atoms. The quantitative estimate of drug-likeness (QED) is 0.873. The Morgan fingerprint density at radius 1 is 1.39 bits per heavy atom. The smallest absolute Gasteiger partial charge is 0.311 e. The minimum atomic E-state index is -0.878. The minimum Gasteiger partial charge on any atom is -0.481 e. The molecule has 1 aliphatic heterocycles. The predicted octanol–water partition coefficient (Wildman–Crippen LogP) is 3.44. The molecule has 0 amide bonds. The second-order valence-electron chi connectivity index (χ2n) is 5.29. The van der Waals surface area contributed by atoms with Crippen LogP contribution in [0.1, 0.15) is 5.56 Å². The van der Waals surface area contributed by atoms with Crippen LogP contribution in [0, 0.1) is 11.8 Å². The summed E-state index contributed by atoms with van der Waals surface area (Å²) in [6, 6.07) is 7.61. The third kappa shape index (κ3) is 3.15. The molecule has 0 spiro atoms. The number of ether oxygens (including phenoxy) is 1. The summed E-state index contributed by atoms with van der Waals surface area (Å²) in [5.41, 5.74) is 2.63. The van der Waals surface area contributed by atoms with Crippen molar-refractivity contribution in [2.24, 2.45) is 11.8 Å². The number of carboxylic acid groups (broad SMARTS) is 1. The zero-order valence-corrected chi connectivity index (χ0v) is 14.0. The van der Waals surface area contributed by atoms with Crippen molar-refractivity contribution in [2.75, 3.05) is 13.6 Å². The van der Waals surface area contributed by atoms with Crippen LogP contribution in [-0.4, -0.2) is 24.7 Å². The van der Waals surface area contributed by atoms with E-state index >= 15 is 0 Å². The number of halogens is 2. The summed E-state index contributed by atoms with van der Waals surface area (Å²) in [4.78, 5) is 11.7. The van der Waals surface area contributed by atoms with Crippen LogP contribution >= 0.6 is 24.0 Å². The van der Waals surface area contributed by atoms with Gasteiger partial charge in [-0.3, -0.25) is 4.79 Å². The standard InChI is InChI=1S/C17H16ClNO3.ClH/c1-19-9-13-12(17(20)21)8-14(18)10-6-7-22-15-5-3-2-4-11(15)16(10)13;/h2-8,12-13,19H,9H2,1H3,(H,20,21);1H/t12-,13+;/m0./s1. The summed E-state index contributed by atoms with van der Waals surface area (Å²) in [6.45, 7) is 0.540. The number of aliphatic carboxylic acids is 1. The first-order valence-electron chi connectivity index (χ1n) is 7.05. The maximum Gasteiger partial charge on any atom is 0.311 e. The number of rotatable bonds is 3. The molecule has 1 heterocycles. The number of nitrogens with one attached hydrogen (secondary N) is 1. The summed E-state index contributed by atoms with van der Waals surface area (Å²) < 4.78 is 5.63. The normalized spacial score (nSPS) is 22.1. The zero-order valence-electron chi connectivity index (χ0n) is 12.5. The maximum absolute atomic E-state index is 11.7. The molecule has 122 valence electrons. The largest absolute Gasteiger partial charge is 0.481 e. The van der Waals surface area contributed by atoms with Gasteiger partial charge in [-0.05, 0) is 24.8 Å². The van der Waals surface area contributed by atoms with Gasteiger partial charge in [0.25, 0.3) is 0 Å². The van der Waals surface area contributed by atoms with E-state index in [-0.39, 0.29) is 18.3 Å². The number of hydrogen-bond donors (Lipinski definition) is 2. The first-order valence-corrected chi connectivity index (χ1v) is 7.43. The van der Waals surface area contributed by atoms with E-state index in [0.29, 0.717) is 17.3 Å². The maximum atomic E-state index is 11.7. The SMILES string of the molecule is CNC[C@H]1C2=C(C=COc3ccccc32)C(Cl)=C[C@@H]1C(=O)O.Cl. The van der Waals surface area contributed by atoms with Gasteiger partial charge >= 0.3 is 5.97 Å². The fourth-order valence-electron chi connectivity index (χ4n) is 3.05. The van der Waals surface area contributed by atoms with Gasteiger partial charge in [0, 0.05) is 28.6 Å². The number of carboxylic acids is 1. The van der Waals surface area contributed by atoms with Crippen LogP contribution in [0.15, 0.2) is 53.3 Å². The van der Waals surface area contributed by atoms with Gasteiger partial charge in [-0.25, -0.2) is 0 Å². The van der Waals surface area contributed by atoms with Gasteiger partial charge in [0.15, 0.2) is 0 Å². The third-order valence-corrected chi connectivity index (χ3v) is 4.32. The number of benzene rings is 1. The van der Waals surface area contributed by atoms with E-state index in [1.54, 1.807) is 18.4 Å². The molecule has 0 unspecified atom stereocenters. The average molecular weight is 354 g/mol. The van der Waals surface area contributed by atoms with Gasteiger partial charge in [0.1, 0.15) is 5.75 Å². The molecule has 2 aliphatic rings. The zero-order chi connectivity index (χ0) is 15.7. The lowest BCUT2D eigenvalue weighted by Crippen LogP contribution is -2.33. The molecule has 4 nitrogen and oxygen atoms in total. The monoisotopic (exact) mass is 353 g/mol. The van der Waals surface area contributed by atoms with E-state index < -0.39 is 11.9 Å². The van der Waals surface area contributed by atoms with Crippen molar-refractivity contribution < 1.29 is 14.6 Å². The molecule has 23 heavy (non-hydrogen) atoms. The molecule has 1 aromatic rings. The molecule has 0 saturated heterocycles. The van der Waals surface area contributed by atoms with Crippen LogP contribution in [0.3, 0.4) is 0 Å². The van der Waals surface area contributed by atoms with Crippen molar-refractivity contribution in [1.82, 2.24) is 5.32 Å². The predicted molar refractivity (Wildman–Crippen MR) is 92.9 cm³/mol. The summed E-state index contributed by atoms with van der Waals surface area (Å²) >= 11 is 6.35. The molecular weight excluding hydrogens is 337 g/mol. The molecular formula is C17H17Cl2NO3. The lowest BCUT2D eigenvalue weighted by molar-refractivity contribution is -0.141. The van der Waals surface area contributed by atoms with Gasteiger partial charge in [-0.15, -0.1) is 12.4 Å². The Morgan fingerprint density at radius 3 is 2.83 bits per heavy atom. The first kappa shape index (κ1) is 17.6. The lowest BCUT2D eigenvalue weighted by atomic mass is 9.76. The third-order valence-electron chi connectivity index (χ3n) is 3.99. The number of fused-ring (bicyclic) bond motifs is 2. The van der Waals surface area contributed by atoms with E-state index in [9.17, 15) is 9.90 Å². The van der Waals surface area contributed by atoms with Crippen molar-refractivity contribution in [2.45, 2.75) is 0 Å². The van der Waals surface area contributed by atoms with E-state index in [1.807, 2.05) is 31.3 Å². The van der Waals surface area contributed by atoms with Gasteiger partial charge in [0.2, 0.25) is 0 Å². The highest BCUT2D eigenvalue weighted by Gasteiger charge is 2.36. The van der Waals surface area contributed by atoms with Crippen molar-refractivity contribution in [3.8, 4) is 5.75 Å². The van der Waals surface area contributed by atoms with Gasteiger partial charge < -0.3 is 15.2 Å². The highest BCUT2D eigenvalue weighted by Crippen LogP contribution is 2.45. The number of para-hydroxylation sites is 1. The lowest BCUT2D eigenvalue weighted by Gasteiger charge is -2.30. The summed E-state index contributed by atoms with van der Waals surface area (Å²) in [6.07, 6.45) is 5.01. The fourth-order valence-corrected chi connectivity index (χ4v) is 3.35. The summed E-state index contributed by atoms with van der Waals surface area (Å²) in [7, 11) is 1.81. The molecule has 6 heteroatoms. The fraction of sp³-hybridized carbons (Fsp3) is 0.235. The Labute approximate surface area is 145 Å². The second kappa shape index (κ2) is 7.21. The molecule has 0 fully saturated rings.